The first-order valence-corrected chi connectivity index (χ1v) is 8.34. The smallest absolute Gasteiger partial charge is 0.242 e. The molecule has 4 nitrogen and oxygen atoms in total. The van der Waals surface area contributed by atoms with E-state index in [2.05, 4.69) is 10.0 Å². The van der Waals surface area contributed by atoms with Crippen LogP contribution < -0.4 is 10.0 Å². The van der Waals surface area contributed by atoms with Crippen molar-refractivity contribution in [1.82, 2.24) is 10.0 Å². The molecule has 1 fully saturated rings. The molecular weight excluding hydrogens is 284 g/mol. The van der Waals surface area contributed by atoms with Crippen molar-refractivity contribution >= 4 is 21.6 Å². The van der Waals surface area contributed by atoms with E-state index in [1.165, 1.54) is 6.42 Å². The lowest BCUT2D eigenvalue weighted by molar-refractivity contribution is 0.539. The highest BCUT2D eigenvalue weighted by molar-refractivity contribution is 7.89. The van der Waals surface area contributed by atoms with Crippen LogP contribution in [-0.2, 0) is 10.0 Å². The van der Waals surface area contributed by atoms with E-state index in [0.717, 1.165) is 24.9 Å². The molecule has 2 N–H and O–H groups in total. The summed E-state index contributed by atoms with van der Waals surface area (Å²) in [5.41, 5.74) is 0.944. The minimum Gasteiger partial charge on any atom is -0.314 e. The summed E-state index contributed by atoms with van der Waals surface area (Å²) in [6.45, 7) is 3.34. The Hall–Kier alpha value is -0.620. The van der Waals surface area contributed by atoms with Gasteiger partial charge in [-0.25, -0.2) is 13.1 Å². The molecule has 0 saturated carbocycles. The van der Waals surface area contributed by atoms with Crippen LogP contribution in [0.2, 0.25) is 5.02 Å². The number of rotatable bonds is 5. The van der Waals surface area contributed by atoms with Crippen molar-refractivity contribution in [3.8, 4) is 0 Å². The van der Waals surface area contributed by atoms with Gasteiger partial charge >= 0.3 is 0 Å². The maximum Gasteiger partial charge on any atom is 0.242 e. The van der Waals surface area contributed by atoms with Gasteiger partial charge in [0.15, 0.2) is 0 Å². The van der Waals surface area contributed by atoms with Gasteiger partial charge in [0.05, 0.1) is 5.02 Å². The molecule has 1 aliphatic rings. The Morgan fingerprint density at radius 2 is 2.26 bits per heavy atom. The fourth-order valence-corrected chi connectivity index (χ4v) is 3.92. The minimum absolute atomic E-state index is 0.152. The number of hydrogen-bond donors (Lipinski definition) is 2. The summed E-state index contributed by atoms with van der Waals surface area (Å²) in [5, 5.41) is 3.61. The molecule has 0 bridgehead atoms. The molecule has 1 atom stereocenters. The average Bonchev–Trinajstić information content (AvgIpc) is 2.81. The van der Waals surface area contributed by atoms with Crippen LogP contribution in [0.3, 0.4) is 0 Å². The van der Waals surface area contributed by atoms with Gasteiger partial charge in [0.1, 0.15) is 4.90 Å². The zero-order chi connectivity index (χ0) is 13.9. The summed E-state index contributed by atoms with van der Waals surface area (Å²) < 4.78 is 26.9. The van der Waals surface area contributed by atoms with Crippen molar-refractivity contribution in [3.05, 3.63) is 28.8 Å². The van der Waals surface area contributed by atoms with Gasteiger partial charge in [0.2, 0.25) is 10.0 Å². The van der Waals surface area contributed by atoms with Gasteiger partial charge < -0.3 is 5.32 Å². The molecule has 0 radical (unpaired) electrons. The number of benzene rings is 1. The fraction of sp³-hybridized carbons (Fsp3) is 0.538. The van der Waals surface area contributed by atoms with Crippen molar-refractivity contribution < 1.29 is 8.42 Å². The van der Waals surface area contributed by atoms with Crippen molar-refractivity contribution in [3.63, 3.8) is 0 Å². The lowest BCUT2D eigenvalue weighted by Gasteiger charge is -2.12. The number of sulfonamides is 1. The molecule has 106 valence electrons. The van der Waals surface area contributed by atoms with Gasteiger partial charge in [-0.05, 0) is 50.4 Å². The molecule has 0 spiro atoms. The standard InChI is InChI=1S/C13H19ClN2O2S/c1-10-4-5-13(12(14)9-10)19(17,18)16-8-6-11-3-2-7-15-11/h4-5,9,11,15-16H,2-3,6-8H2,1H3. The van der Waals surface area contributed by atoms with Crippen LogP contribution >= 0.6 is 11.6 Å². The zero-order valence-electron chi connectivity index (χ0n) is 10.9. The van der Waals surface area contributed by atoms with E-state index in [0.29, 0.717) is 12.6 Å². The summed E-state index contributed by atoms with van der Waals surface area (Å²) in [6, 6.07) is 5.39. The summed E-state index contributed by atoms with van der Waals surface area (Å²) in [5.74, 6) is 0. The SMILES string of the molecule is Cc1ccc(S(=O)(=O)NCCC2CCCN2)c(Cl)c1. The highest BCUT2D eigenvalue weighted by Crippen LogP contribution is 2.22. The fourth-order valence-electron chi connectivity index (χ4n) is 2.27. The maximum absolute atomic E-state index is 12.1. The van der Waals surface area contributed by atoms with Crippen LogP contribution in [0.1, 0.15) is 24.8 Å². The van der Waals surface area contributed by atoms with Gasteiger partial charge in [-0.1, -0.05) is 17.7 Å². The summed E-state index contributed by atoms with van der Waals surface area (Å²) in [7, 11) is -3.51. The van der Waals surface area contributed by atoms with Gasteiger partial charge in [-0.15, -0.1) is 0 Å². The Morgan fingerprint density at radius 1 is 1.47 bits per heavy atom. The molecule has 0 aliphatic carbocycles. The van der Waals surface area contributed by atoms with Crippen LogP contribution in [0, 0.1) is 6.92 Å². The van der Waals surface area contributed by atoms with E-state index < -0.39 is 10.0 Å². The summed E-state index contributed by atoms with van der Waals surface area (Å²) in [6.07, 6.45) is 3.09. The predicted octanol–water partition coefficient (Wildman–Crippen LogP) is 2.07. The highest BCUT2D eigenvalue weighted by Gasteiger charge is 2.19. The topological polar surface area (TPSA) is 58.2 Å². The van der Waals surface area contributed by atoms with E-state index in [1.807, 2.05) is 6.92 Å². The van der Waals surface area contributed by atoms with E-state index in [4.69, 9.17) is 11.6 Å². The molecule has 2 rings (SSSR count). The highest BCUT2D eigenvalue weighted by atomic mass is 35.5. The van der Waals surface area contributed by atoms with E-state index >= 15 is 0 Å². The third kappa shape index (κ3) is 3.92. The number of nitrogens with one attached hydrogen (secondary N) is 2. The Morgan fingerprint density at radius 3 is 2.89 bits per heavy atom. The quantitative estimate of drug-likeness (QED) is 0.875. The molecule has 6 heteroatoms. The Labute approximate surface area is 119 Å². The molecule has 1 aliphatic heterocycles. The van der Waals surface area contributed by atoms with E-state index in [-0.39, 0.29) is 9.92 Å². The van der Waals surface area contributed by atoms with Gasteiger partial charge in [-0.2, -0.15) is 0 Å². The zero-order valence-corrected chi connectivity index (χ0v) is 12.5. The monoisotopic (exact) mass is 302 g/mol. The van der Waals surface area contributed by atoms with Crippen LogP contribution in [0.25, 0.3) is 0 Å². The van der Waals surface area contributed by atoms with Crippen molar-refractivity contribution in [1.29, 1.82) is 0 Å². The summed E-state index contributed by atoms with van der Waals surface area (Å²) in [4.78, 5) is 0.152. The molecule has 1 aromatic carbocycles. The molecule has 19 heavy (non-hydrogen) atoms. The number of halogens is 1. The molecule has 1 saturated heterocycles. The van der Waals surface area contributed by atoms with Gasteiger partial charge in [-0.3, -0.25) is 0 Å². The second-order valence-corrected chi connectivity index (χ2v) is 7.06. The molecule has 0 amide bonds. The van der Waals surface area contributed by atoms with Crippen LogP contribution in [0.5, 0.6) is 0 Å². The van der Waals surface area contributed by atoms with Crippen molar-refractivity contribution in [2.45, 2.75) is 37.1 Å². The molecule has 1 unspecified atom stereocenters. The van der Waals surface area contributed by atoms with Crippen LogP contribution in [0.4, 0.5) is 0 Å². The van der Waals surface area contributed by atoms with Crippen LogP contribution in [-0.4, -0.2) is 27.5 Å². The second-order valence-electron chi connectivity index (χ2n) is 4.91. The van der Waals surface area contributed by atoms with Crippen LogP contribution in [0.15, 0.2) is 23.1 Å². The predicted molar refractivity (Wildman–Crippen MR) is 77.0 cm³/mol. The van der Waals surface area contributed by atoms with E-state index in [1.54, 1.807) is 18.2 Å². The third-order valence-corrected chi connectivity index (χ3v) is 5.27. The normalized spacial score (nSPS) is 19.8. The van der Waals surface area contributed by atoms with Gasteiger partial charge in [0, 0.05) is 12.6 Å². The first-order chi connectivity index (χ1) is 8.99. The van der Waals surface area contributed by atoms with Crippen molar-refractivity contribution in [2.24, 2.45) is 0 Å². The second kappa shape index (κ2) is 6.22. The largest absolute Gasteiger partial charge is 0.314 e. The first kappa shape index (κ1) is 14.8. The minimum atomic E-state index is -3.51. The molecule has 1 aromatic rings. The van der Waals surface area contributed by atoms with Crippen molar-refractivity contribution in [2.75, 3.05) is 13.1 Å². The third-order valence-electron chi connectivity index (χ3n) is 3.32. The first-order valence-electron chi connectivity index (χ1n) is 6.48. The van der Waals surface area contributed by atoms with E-state index in [9.17, 15) is 8.42 Å². The Kier molecular flexibility index (Phi) is 4.84. The number of aryl methyl sites for hydroxylation is 1. The Bertz CT molecular complexity index is 540. The van der Waals surface area contributed by atoms with Gasteiger partial charge in [0.25, 0.3) is 0 Å². The molecular formula is C13H19ClN2O2S. The molecule has 0 aromatic heterocycles. The average molecular weight is 303 g/mol. The lowest BCUT2D eigenvalue weighted by atomic mass is 10.2. The lowest BCUT2D eigenvalue weighted by Crippen LogP contribution is -2.30. The maximum atomic E-state index is 12.1. The molecule has 1 heterocycles. The summed E-state index contributed by atoms with van der Waals surface area (Å²) >= 11 is 5.99. The Balaban J connectivity index is 1.97. The number of hydrogen-bond acceptors (Lipinski definition) is 3.